The van der Waals surface area contributed by atoms with Crippen LogP contribution in [0.3, 0.4) is 0 Å². The summed E-state index contributed by atoms with van der Waals surface area (Å²) in [6.07, 6.45) is 1.19. The fraction of sp³-hybridized carbons (Fsp3) is 0.455. The van der Waals surface area contributed by atoms with Gasteiger partial charge in [-0.05, 0) is 18.1 Å². The SMILES string of the molecule is SC1CCN(c2ccccc2CBr)C1. The van der Waals surface area contributed by atoms with Crippen molar-refractivity contribution < 1.29 is 0 Å². The maximum Gasteiger partial charge on any atom is 0.0407 e. The minimum absolute atomic E-state index is 0.540. The Bertz CT molecular complexity index is 316. The molecule has 1 fully saturated rings. The molecule has 1 aliphatic heterocycles. The number of thiol groups is 1. The lowest BCUT2D eigenvalue weighted by molar-refractivity contribution is 0.960. The maximum absolute atomic E-state index is 4.51. The topological polar surface area (TPSA) is 3.24 Å². The highest BCUT2D eigenvalue weighted by Crippen LogP contribution is 2.27. The van der Waals surface area contributed by atoms with E-state index in [2.05, 4.69) is 57.7 Å². The molecule has 1 aromatic rings. The number of hydrogen-bond donors (Lipinski definition) is 1. The second kappa shape index (κ2) is 4.58. The monoisotopic (exact) mass is 271 g/mol. The van der Waals surface area contributed by atoms with E-state index in [1.54, 1.807) is 0 Å². The number of halogens is 1. The van der Waals surface area contributed by atoms with E-state index in [9.17, 15) is 0 Å². The molecule has 0 N–H and O–H groups in total. The minimum atomic E-state index is 0.540. The van der Waals surface area contributed by atoms with E-state index in [-0.39, 0.29) is 0 Å². The molecule has 76 valence electrons. The zero-order valence-corrected chi connectivity index (χ0v) is 10.5. The molecule has 0 bridgehead atoms. The molecule has 1 saturated heterocycles. The van der Waals surface area contributed by atoms with Crippen LogP contribution in [0.15, 0.2) is 24.3 Å². The number of benzene rings is 1. The van der Waals surface area contributed by atoms with Gasteiger partial charge in [0.15, 0.2) is 0 Å². The number of hydrogen-bond acceptors (Lipinski definition) is 2. The second-order valence-electron chi connectivity index (χ2n) is 3.65. The van der Waals surface area contributed by atoms with Crippen LogP contribution >= 0.6 is 28.6 Å². The average molecular weight is 272 g/mol. The first kappa shape index (κ1) is 10.4. The van der Waals surface area contributed by atoms with Gasteiger partial charge in [-0.15, -0.1) is 0 Å². The van der Waals surface area contributed by atoms with Gasteiger partial charge in [0, 0.05) is 29.4 Å². The molecule has 1 atom stereocenters. The van der Waals surface area contributed by atoms with Gasteiger partial charge in [-0.1, -0.05) is 34.1 Å². The Balaban J connectivity index is 2.22. The van der Waals surface area contributed by atoms with Gasteiger partial charge in [-0.2, -0.15) is 12.6 Å². The summed E-state index contributed by atoms with van der Waals surface area (Å²) in [6, 6.07) is 8.57. The second-order valence-corrected chi connectivity index (χ2v) is 4.94. The van der Waals surface area contributed by atoms with E-state index < -0.39 is 0 Å². The zero-order chi connectivity index (χ0) is 9.97. The Kier molecular flexibility index (Phi) is 3.39. The first-order valence-electron chi connectivity index (χ1n) is 4.88. The van der Waals surface area contributed by atoms with Crippen LogP contribution in [0.25, 0.3) is 0 Å². The Labute approximate surface area is 99.0 Å². The van der Waals surface area contributed by atoms with Crippen LogP contribution in [0, 0.1) is 0 Å². The number of rotatable bonds is 2. The summed E-state index contributed by atoms with van der Waals surface area (Å²) < 4.78 is 0. The molecule has 1 aromatic carbocycles. The van der Waals surface area contributed by atoms with Gasteiger partial charge in [0.1, 0.15) is 0 Å². The summed E-state index contributed by atoms with van der Waals surface area (Å²) in [5.41, 5.74) is 2.73. The molecule has 0 aromatic heterocycles. The predicted molar refractivity (Wildman–Crippen MR) is 68.7 cm³/mol. The lowest BCUT2D eigenvalue weighted by Crippen LogP contribution is -2.20. The van der Waals surface area contributed by atoms with Crippen molar-refractivity contribution in [1.82, 2.24) is 0 Å². The molecule has 0 amide bonds. The van der Waals surface area contributed by atoms with Crippen molar-refractivity contribution in [2.45, 2.75) is 17.0 Å². The van der Waals surface area contributed by atoms with Crippen molar-refractivity contribution in [3.8, 4) is 0 Å². The quantitative estimate of drug-likeness (QED) is 0.639. The number of nitrogens with zero attached hydrogens (tertiary/aromatic N) is 1. The van der Waals surface area contributed by atoms with Gasteiger partial charge in [0.2, 0.25) is 0 Å². The first-order valence-corrected chi connectivity index (χ1v) is 6.52. The van der Waals surface area contributed by atoms with Crippen LogP contribution in [0.4, 0.5) is 5.69 Å². The molecular formula is C11H14BrNS. The third kappa shape index (κ3) is 2.09. The average Bonchev–Trinajstić information content (AvgIpc) is 2.65. The van der Waals surface area contributed by atoms with Crippen LogP contribution in [0.5, 0.6) is 0 Å². The van der Waals surface area contributed by atoms with E-state index in [0.717, 1.165) is 18.4 Å². The minimum Gasteiger partial charge on any atom is -0.370 e. The molecule has 1 unspecified atom stereocenters. The molecule has 3 heteroatoms. The third-order valence-electron chi connectivity index (χ3n) is 2.64. The Morgan fingerprint density at radius 1 is 1.43 bits per heavy atom. The van der Waals surface area contributed by atoms with Gasteiger partial charge in [0.25, 0.3) is 0 Å². The summed E-state index contributed by atoms with van der Waals surface area (Å²) >= 11 is 8.04. The summed E-state index contributed by atoms with van der Waals surface area (Å²) in [7, 11) is 0. The number of alkyl halides is 1. The molecule has 0 radical (unpaired) electrons. The van der Waals surface area contributed by atoms with Crippen molar-refractivity contribution in [3.05, 3.63) is 29.8 Å². The Morgan fingerprint density at radius 3 is 2.86 bits per heavy atom. The Morgan fingerprint density at radius 2 is 2.21 bits per heavy atom. The standard InChI is InChI=1S/C11H14BrNS/c12-7-9-3-1-2-4-11(9)13-6-5-10(14)8-13/h1-4,10,14H,5-8H2. The van der Waals surface area contributed by atoms with Gasteiger partial charge < -0.3 is 4.90 Å². The highest BCUT2D eigenvalue weighted by Gasteiger charge is 2.20. The van der Waals surface area contributed by atoms with Crippen LogP contribution in [-0.4, -0.2) is 18.3 Å². The van der Waals surface area contributed by atoms with Crippen LogP contribution < -0.4 is 4.90 Å². The van der Waals surface area contributed by atoms with Crippen molar-refractivity contribution >= 4 is 34.2 Å². The van der Waals surface area contributed by atoms with E-state index >= 15 is 0 Å². The highest BCUT2D eigenvalue weighted by molar-refractivity contribution is 9.08. The van der Waals surface area contributed by atoms with Crippen molar-refractivity contribution in [3.63, 3.8) is 0 Å². The van der Waals surface area contributed by atoms with E-state index in [1.165, 1.54) is 17.7 Å². The summed E-state index contributed by atoms with van der Waals surface area (Å²) in [5.74, 6) is 0. The van der Waals surface area contributed by atoms with Crippen LogP contribution in [0.1, 0.15) is 12.0 Å². The molecule has 1 nitrogen and oxygen atoms in total. The molecule has 1 heterocycles. The molecule has 0 spiro atoms. The number of para-hydroxylation sites is 1. The molecule has 0 saturated carbocycles. The van der Waals surface area contributed by atoms with E-state index in [1.807, 2.05) is 0 Å². The molecule has 1 aliphatic rings. The molecule has 2 rings (SSSR count). The lowest BCUT2D eigenvalue weighted by atomic mass is 10.2. The largest absolute Gasteiger partial charge is 0.370 e. The van der Waals surface area contributed by atoms with Crippen LogP contribution in [-0.2, 0) is 5.33 Å². The predicted octanol–water partition coefficient (Wildman–Crippen LogP) is 3.09. The molecule has 0 aliphatic carbocycles. The summed E-state index contributed by atoms with van der Waals surface area (Å²) in [5, 5.41) is 1.47. The van der Waals surface area contributed by atoms with Crippen LogP contribution in [0.2, 0.25) is 0 Å². The van der Waals surface area contributed by atoms with Gasteiger partial charge in [-0.3, -0.25) is 0 Å². The van der Waals surface area contributed by atoms with Crippen molar-refractivity contribution in [2.75, 3.05) is 18.0 Å². The highest BCUT2D eigenvalue weighted by atomic mass is 79.9. The molecule has 14 heavy (non-hydrogen) atoms. The lowest BCUT2D eigenvalue weighted by Gasteiger charge is -2.20. The van der Waals surface area contributed by atoms with Gasteiger partial charge in [-0.25, -0.2) is 0 Å². The molecular weight excluding hydrogens is 258 g/mol. The smallest absolute Gasteiger partial charge is 0.0407 e. The Hall–Kier alpha value is -0.150. The van der Waals surface area contributed by atoms with Gasteiger partial charge >= 0.3 is 0 Å². The van der Waals surface area contributed by atoms with E-state index in [0.29, 0.717) is 5.25 Å². The first-order chi connectivity index (χ1) is 6.81. The fourth-order valence-electron chi connectivity index (χ4n) is 1.89. The van der Waals surface area contributed by atoms with E-state index in [4.69, 9.17) is 0 Å². The zero-order valence-electron chi connectivity index (χ0n) is 7.99. The maximum atomic E-state index is 4.51. The van der Waals surface area contributed by atoms with Crippen molar-refractivity contribution in [1.29, 1.82) is 0 Å². The summed E-state index contributed by atoms with van der Waals surface area (Å²) in [6.45, 7) is 2.21. The number of anilines is 1. The summed E-state index contributed by atoms with van der Waals surface area (Å²) in [4.78, 5) is 2.42. The van der Waals surface area contributed by atoms with Gasteiger partial charge in [0.05, 0.1) is 0 Å². The normalized spacial score (nSPS) is 21.6. The fourth-order valence-corrected chi connectivity index (χ4v) is 2.68. The third-order valence-corrected chi connectivity index (χ3v) is 3.67. The van der Waals surface area contributed by atoms with Crippen molar-refractivity contribution in [2.24, 2.45) is 0 Å².